The summed E-state index contributed by atoms with van der Waals surface area (Å²) in [7, 11) is 1.90. The summed E-state index contributed by atoms with van der Waals surface area (Å²) in [4.78, 5) is 33.3. The van der Waals surface area contributed by atoms with Crippen LogP contribution in [0, 0.1) is 0 Å². The SMILES string of the molecule is Cn1cc(-c2ccc3[nH]c(=O)c(-c4cc5cc(CN6CCNC(=O)CC6)ccc5[nH]4)cc3c2)cn1. The lowest BCUT2D eigenvalue weighted by atomic mass is 10.0. The van der Waals surface area contributed by atoms with Gasteiger partial charge in [-0.15, -0.1) is 0 Å². The number of carbonyl (C=O) groups excluding carboxylic acids is 1. The van der Waals surface area contributed by atoms with Crippen molar-refractivity contribution in [3.8, 4) is 22.4 Å². The number of fused-ring (bicyclic) bond motifs is 2. The fraction of sp³-hybridized carbons (Fsp3) is 0.222. The third-order valence-corrected chi connectivity index (χ3v) is 6.67. The molecule has 0 saturated carbocycles. The van der Waals surface area contributed by atoms with Crippen LogP contribution < -0.4 is 10.9 Å². The fourth-order valence-electron chi connectivity index (χ4n) is 4.81. The molecule has 3 aromatic heterocycles. The van der Waals surface area contributed by atoms with Crippen LogP contribution >= 0.6 is 0 Å². The molecule has 1 saturated heterocycles. The third-order valence-electron chi connectivity index (χ3n) is 6.67. The highest BCUT2D eigenvalue weighted by molar-refractivity contribution is 5.90. The van der Waals surface area contributed by atoms with Gasteiger partial charge in [-0.1, -0.05) is 12.1 Å². The molecule has 0 aliphatic carbocycles. The second-order valence-electron chi connectivity index (χ2n) is 9.20. The highest BCUT2D eigenvalue weighted by Crippen LogP contribution is 2.27. The largest absolute Gasteiger partial charge is 0.355 e. The molecule has 6 rings (SSSR count). The lowest BCUT2D eigenvalue weighted by Crippen LogP contribution is -2.28. The van der Waals surface area contributed by atoms with E-state index in [9.17, 15) is 9.59 Å². The van der Waals surface area contributed by atoms with Crippen LogP contribution in [0.2, 0.25) is 0 Å². The third kappa shape index (κ3) is 4.24. The van der Waals surface area contributed by atoms with Crippen molar-refractivity contribution in [2.24, 2.45) is 7.05 Å². The Morgan fingerprint density at radius 1 is 0.914 bits per heavy atom. The number of amides is 1. The molecular formula is C27H26N6O2. The van der Waals surface area contributed by atoms with Crippen molar-refractivity contribution < 1.29 is 4.79 Å². The minimum atomic E-state index is -0.125. The monoisotopic (exact) mass is 466 g/mol. The van der Waals surface area contributed by atoms with E-state index in [1.165, 1.54) is 5.56 Å². The Hall–Kier alpha value is -4.17. The fourth-order valence-corrected chi connectivity index (χ4v) is 4.81. The molecule has 0 spiro atoms. The molecule has 1 fully saturated rings. The summed E-state index contributed by atoms with van der Waals surface area (Å²) in [6.45, 7) is 3.08. The summed E-state index contributed by atoms with van der Waals surface area (Å²) in [5, 5.41) is 9.20. The number of carbonyl (C=O) groups is 1. The molecule has 0 unspecified atom stereocenters. The van der Waals surface area contributed by atoms with Crippen molar-refractivity contribution in [3.63, 3.8) is 0 Å². The van der Waals surface area contributed by atoms with Crippen molar-refractivity contribution in [2.75, 3.05) is 19.6 Å². The topological polar surface area (TPSA) is 98.8 Å². The zero-order chi connectivity index (χ0) is 23.9. The van der Waals surface area contributed by atoms with Crippen LogP contribution in [-0.2, 0) is 18.4 Å². The first kappa shape index (κ1) is 21.4. The minimum Gasteiger partial charge on any atom is -0.355 e. The van der Waals surface area contributed by atoms with Gasteiger partial charge in [0.15, 0.2) is 0 Å². The highest BCUT2D eigenvalue weighted by Gasteiger charge is 2.15. The minimum absolute atomic E-state index is 0.117. The number of hydrogen-bond acceptors (Lipinski definition) is 4. The normalized spacial score (nSPS) is 14.9. The van der Waals surface area contributed by atoms with Gasteiger partial charge in [0, 0.05) is 67.8 Å². The van der Waals surface area contributed by atoms with E-state index in [0.29, 0.717) is 18.5 Å². The van der Waals surface area contributed by atoms with E-state index >= 15 is 0 Å². The van der Waals surface area contributed by atoms with E-state index < -0.39 is 0 Å². The standard InChI is InChI=1S/C27H26N6O2/c1-32-16-21(14-29-32)18-3-5-24-20(11-18)12-22(27(35)31-24)25-13-19-10-17(2-4-23(19)30-25)15-33-8-6-26(34)28-7-9-33/h2-5,10-14,16,30H,6-9,15H2,1H3,(H,28,34)(H,31,35). The first-order valence-electron chi connectivity index (χ1n) is 11.8. The van der Waals surface area contributed by atoms with Crippen LogP contribution in [0.15, 0.2) is 65.7 Å². The molecule has 1 aliphatic heterocycles. The molecule has 8 nitrogen and oxygen atoms in total. The lowest BCUT2D eigenvalue weighted by Gasteiger charge is -2.18. The van der Waals surface area contributed by atoms with Crippen molar-refractivity contribution >= 4 is 27.7 Å². The molecule has 176 valence electrons. The molecule has 4 heterocycles. The van der Waals surface area contributed by atoms with Crippen LogP contribution in [0.1, 0.15) is 12.0 Å². The van der Waals surface area contributed by atoms with Crippen LogP contribution in [0.5, 0.6) is 0 Å². The van der Waals surface area contributed by atoms with Gasteiger partial charge in [-0.3, -0.25) is 19.2 Å². The summed E-state index contributed by atoms with van der Waals surface area (Å²) in [5.74, 6) is 0.117. The summed E-state index contributed by atoms with van der Waals surface area (Å²) >= 11 is 0. The zero-order valence-corrected chi connectivity index (χ0v) is 19.5. The Kier molecular flexibility index (Phi) is 5.22. The number of rotatable bonds is 4. The molecule has 0 bridgehead atoms. The van der Waals surface area contributed by atoms with Crippen molar-refractivity contribution in [2.45, 2.75) is 13.0 Å². The summed E-state index contributed by atoms with van der Waals surface area (Å²) in [6, 6.07) is 16.3. The Balaban J connectivity index is 1.33. The molecular weight excluding hydrogens is 440 g/mol. The quantitative estimate of drug-likeness (QED) is 0.378. The van der Waals surface area contributed by atoms with Crippen LogP contribution in [-0.4, -0.2) is 50.2 Å². The number of H-pyrrole nitrogens is 2. The van der Waals surface area contributed by atoms with Crippen molar-refractivity contribution in [1.29, 1.82) is 0 Å². The second kappa shape index (κ2) is 8.56. The summed E-state index contributed by atoms with van der Waals surface area (Å²) in [5.41, 5.74) is 6.33. The molecule has 0 radical (unpaired) electrons. The smallest absolute Gasteiger partial charge is 0.257 e. The van der Waals surface area contributed by atoms with E-state index in [1.807, 2.05) is 43.7 Å². The van der Waals surface area contributed by atoms with E-state index in [0.717, 1.165) is 58.3 Å². The van der Waals surface area contributed by atoms with Crippen LogP contribution in [0.3, 0.4) is 0 Å². The van der Waals surface area contributed by atoms with Gasteiger partial charge in [0.05, 0.1) is 17.5 Å². The summed E-state index contributed by atoms with van der Waals surface area (Å²) in [6.07, 6.45) is 4.34. The van der Waals surface area contributed by atoms with E-state index in [-0.39, 0.29) is 11.5 Å². The molecule has 1 amide bonds. The maximum absolute atomic E-state index is 12.9. The Morgan fingerprint density at radius 3 is 2.60 bits per heavy atom. The Bertz CT molecular complexity index is 1630. The number of nitrogens with zero attached hydrogens (tertiary/aromatic N) is 3. The average Bonchev–Trinajstić information content (AvgIpc) is 3.41. The predicted molar refractivity (Wildman–Crippen MR) is 137 cm³/mol. The van der Waals surface area contributed by atoms with Crippen LogP contribution in [0.25, 0.3) is 44.2 Å². The number of hydrogen-bond donors (Lipinski definition) is 3. The maximum atomic E-state index is 12.9. The van der Waals surface area contributed by atoms with E-state index in [4.69, 9.17) is 0 Å². The zero-order valence-electron chi connectivity index (χ0n) is 19.5. The summed E-state index contributed by atoms with van der Waals surface area (Å²) < 4.78 is 1.78. The number of nitrogens with one attached hydrogen (secondary N) is 3. The molecule has 8 heteroatoms. The van der Waals surface area contributed by atoms with Crippen molar-refractivity contribution in [1.82, 2.24) is 30.0 Å². The van der Waals surface area contributed by atoms with E-state index in [2.05, 4.69) is 49.5 Å². The van der Waals surface area contributed by atoms with Gasteiger partial charge in [0.25, 0.3) is 5.56 Å². The number of aromatic amines is 2. The van der Waals surface area contributed by atoms with Gasteiger partial charge in [0.2, 0.25) is 5.91 Å². The molecule has 0 atom stereocenters. The first-order valence-corrected chi connectivity index (χ1v) is 11.8. The molecule has 35 heavy (non-hydrogen) atoms. The molecule has 5 aromatic rings. The lowest BCUT2D eigenvalue weighted by molar-refractivity contribution is -0.120. The highest BCUT2D eigenvalue weighted by atomic mass is 16.1. The predicted octanol–water partition coefficient (Wildman–Crippen LogP) is 3.40. The molecule has 3 N–H and O–H groups in total. The maximum Gasteiger partial charge on any atom is 0.257 e. The number of pyridine rings is 1. The van der Waals surface area contributed by atoms with E-state index in [1.54, 1.807) is 4.68 Å². The Labute approximate surface area is 201 Å². The Morgan fingerprint density at radius 2 is 1.74 bits per heavy atom. The average molecular weight is 467 g/mol. The van der Waals surface area contributed by atoms with Gasteiger partial charge >= 0.3 is 0 Å². The molecule has 1 aliphatic rings. The van der Waals surface area contributed by atoms with Gasteiger partial charge in [0.1, 0.15) is 0 Å². The molecule has 2 aromatic carbocycles. The van der Waals surface area contributed by atoms with Gasteiger partial charge < -0.3 is 15.3 Å². The first-order chi connectivity index (χ1) is 17.0. The van der Waals surface area contributed by atoms with Gasteiger partial charge in [-0.05, 0) is 52.9 Å². The second-order valence-corrected chi connectivity index (χ2v) is 9.20. The number of benzene rings is 2. The van der Waals surface area contributed by atoms with Gasteiger partial charge in [-0.2, -0.15) is 5.10 Å². The van der Waals surface area contributed by atoms with Gasteiger partial charge in [-0.25, -0.2) is 0 Å². The number of aromatic nitrogens is 4. The van der Waals surface area contributed by atoms with Crippen molar-refractivity contribution in [3.05, 3.63) is 76.8 Å². The van der Waals surface area contributed by atoms with Crippen LogP contribution in [0.4, 0.5) is 0 Å². The number of aryl methyl sites for hydroxylation is 1.